The summed E-state index contributed by atoms with van der Waals surface area (Å²) >= 11 is 0. The summed E-state index contributed by atoms with van der Waals surface area (Å²) in [5.74, 6) is -1.70. The maximum Gasteiger partial charge on any atom is 0.425 e. The van der Waals surface area contributed by atoms with Crippen LogP contribution in [0.3, 0.4) is 0 Å². The Kier molecular flexibility index (Phi) is 29.6. The number of azo groups is 3. The highest BCUT2D eigenvalue weighted by atomic mass is 32.2. The zero-order valence-corrected chi connectivity index (χ0v) is 66.9. The van der Waals surface area contributed by atoms with E-state index in [1.165, 1.54) is 91.1 Å². The Morgan fingerprint density at radius 2 is 0.733 bits per heavy atom. The summed E-state index contributed by atoms with van der Waals surface area (Å²) in [7, 11) is -38.3. The van der Waals surface area contributed by atoms with Crippen molar-refractivity contribution >= 4 is 193 Å². The van der Waals surface area contributed by atoms with Crippen molar-refractivity contribution in [2.45, 2.75) is 34.3 Å². The molecule has 0 heterocycles. The van der Waals surface area contributed by atoms with Gasteiger partial charge in [-0.2, -0.15) is 74.3 Å². The van der Waals surface area contributed by atoms with Crippen LogP contribution < -0.4 is 5.32 Å². The predicted octanol–water partition coefficient (Wildman–Crippen LogP) is 13.3. The highest BCUT2D eigenvalue weighted by Crippen LogP contribution is 2.44. The number of hydrogen-bond acceptors (Lipinski definition) is 33. The third kappa shape index (κ3) is 25.6. The molecule has 0 aliphatic heterocycles. The van der Waals surface area contributed by atoms with Gasteiger partial charge in [0.1, 0.15) is 44.2 Å². The lowest BCUT2D eigenvalue weighted by molar-refractivity contribution is 0.460. The van der Waals surface area contributed by atoms with Crippen LogP contribution in [0.5, 0.6) is 28.7 Å². The molecule has 13 aromatic rings. The fourth-order valence-electron chi connectivity index (χ4n) is 10.4. The lowest BCUT2D eigenvalue weighted by Gasteiger charge is -2.10. The van der Waals surface area contributed by atoms with E-state index in [1.54, 1.807) is 54.6 Å². The zero-order valence-electron chi connectivity index (χ0n) is 59.5. The number of aromatic hydroxyl groups is 5. The molecule has 0 aliphatic carbocycles. The second-order valence-corrected chi connectivity index (χ2v) is 34.3. The third-order valence-corrected chi connectivity index (χ3v) is 21.5. The molecule has 0 fully saturated rings. The first kappa shape index (κ1) is 92.3. The fourth-order valence-corrected chi connectivity index (χ4v) is 14.5. The molecule has 0 atom stereocenters. The smallest absolute Gasteiger partial charge is 0.425 e. The average Bonchev–Trinajstić information content (AvgIpc) is 0.637. The van der Waals surface area contributed by atoms with Gasteiger partial charge in [0.05, 0.1) is 58.3 Å². The number of phenolic OH excluding ortho intramolecular Hbond substituents is 5. The van der Waals surface area contributed by atoms with Gasteiger partial charge in [-0.15, -0.1) is 40.6 Å². The summed E-state index contributed by atoms with van der Waals surface area (Å²) in [5.41, 5.74) is 3.22. The SMILES string of the molecule is O=S(=O)(O)c1cc(N=Cc2ccccc2O)c2c(O)cccc2c1.O=S(=O)(O)c1cc(S(=O)(=O)O)c2c(N=Nc3ccc(S(=O)(=O)O)c4ccccc34)c(O)ccc2c1.O=S(=O)(O)c1ccc(N=Nc2ccc3cc(S(=O)(=O)O)cc(O)c3c2O)cc1.O=S(=O)(O)c1cccc(N=Nc2ccc(Nc3ccccc3)cc2)c1.O=S(=O)=O.O=S(=O)=O. The average molecular weight is 1820 g/mol. The molecule has 0 aromatic heterocycles. The Hall–Kier alpha value is -13.2. The normalized spacial score (nSPS) is 12.0. The number of fused-ring (bicyclic) bond motifs is 4. The van der Waals surface area contributed by atoms with Crippen molar-refractivity contribution in [2.24, 2.45) is 35.7 Å². The van der Waals surface area contributed by atoms with E-state index in [0.717, 1.165) is 66.0 Å². The van der Waals surface area contributed by atoms with Crippen molar-refractivity contribution in [2.75, 3.05) is 5.32 Å². The molecule has 0 saturated heterocycles. The van der Waals surface area contributed by atoms with Crippen LogP contribution in [0.1, 0.15) is 5.56 Å². The highest BCUT2D eigenvalue weighted by molar-refractivity contribution is 7.87. The molecule has 0 amide bonds. The second-order valence-electron chi connectivity index (χ2n) is 23.6. The number of nitrogens with zero attached hydrogens (tertiary/aromatic N) is 7. The van der Waals surface area contributed by atoms with Crippen LogP contribution in [-0.2, 0) is 92.0 Å². The Balaban J connectivity index is 0.000000195. The van der Waals surface area contributed by atoms with E-state index in [-0.39, 0.29) is 86.1 Å². The van der Waals surface area contributed by atoms with Crippen molar-refractivity contribution < 1.29 is 142 Å². The van der Waals surface area contributed by atoms with Gasteiger partial charge in [0.15, 0.2) is 5.75 Å². The first-order chi connectivity index (χ1) is 56.0. The van der Waals surface area contributed by atoms with Gasteiger partial charge in [-0.3, -0.25) is 36.9 Å². The van der Waals surface area contributed by atoms with Crippen LogP contribution in [0.4, 0.5) is 51.2 Å². The minimum absolute atomic E-state index is 0.0145. The molecule has 624 valence electrons. The Morgan fingerprint density at radius 3 is 1.30 bits per heavy atom. The minimum atomic E-state index is -5.07. The van der Waals surface area contributed by atoms with Crippen molar-refractivity contribution in [3.63, 3.8) is 0 Å². The molecular weight excluding hydrogens is 1770 g/mol. The van der Waals surface area contributed by atoms with Crippen LogP contribution in [-0.4, -0.2) is 148 Å². The van der Waals surface area contributed by atoms with Gasteiger partial charge in [0.2, 0.25) is 0 Å². The van der Waals surface area contributed by atoms with Crippen molar-refractivity contribution in [3.8, 4) is 28.7 Å². The number of anilines is 2. The fraction of sp³-hybridized carbons (Fsp3) is 0. The van der Waals surface area contributed by atoms with Crippen LogP contribution in [0.25, 0.3) is 43.1 Å². The minimum Gasteiger partial charge on any atom is -0.507 e. The monoisotopic (exact) mass is 1820 g/mol. The summed E-state index contributed by atoms with van der Waals surface area (Å²) in [6.45, 7) is 0. The van der Waals surface area contributed by atoms with Crippen LogP contribution in [0.15, 0.2) is 313 Å². The molecule has 0 radical (unpaired) electrons. The van der Waals surface area contributed by atoms with Gasteiger partial charge in [0.25, 0.3) is 70.8 Å². The Bertz CT molecular complexity index is 7380. The standard InChI is InChI=1S/C20H14N2O10S3.C18H15N3O3S.C17H13NO5S.C16H12N2O8S2.2O3S/c23-16-7-5-11-9-12(33(24,25)26)10-18(35(30,31)32)19(11)20(16)22-21-15-6-8-17(34(27,28)29)14-4-2-1-3-13(14)15;22-25(23,24)18-8-4-7-17(13-18)21-20-16-11-9-15(10-12-16)19-14-5-2-1-3-6-14;19-15-6-2-1-4-12(15)10-18-14-9-13(24(21,22)23)8-11-5-3-7-16(20)17(11)14;19-14-8-12(28(24,25)26)7-9-1-6-13(16(20)15(9)14)18-17-10-2-4-11(5-3-10)27(21,22)23;2*1-4(2)3/h1-10,23H,(H,24,25,26)(H,27,28,29)(H,30,31,32);1-13,19H,(H,22,23,24);1-10,19-20H,(H,21,22,23);1-8,19-20H,(H,21,22,23)(H,24,25,26);;. The van der Waals surface area contributed by atoms with Crippen LogP contribution in [0, 0.1) is 0 Å². The summed E-state index contributed by atoms with van der Waals surface area (Å²) in [6, 6.07) is 57.5. The molecule has 13 aromatic carbocycles. The van der Waals surface area contributed by atoms with Gasteiger partial charge in [0, 0.05) is 50.8 Å². The molecule has 40 nitrogen and oxygen atoms in total. The number of hydrogen-bond donors (Lipinski definition) is 13. The zero-order chi connectivity index (χ0) is 88.6. The molecule has 0 bridgehead atoms. The predicted molar refractivity (Wildman–Crippen MR) is 427 cm³/mol. The molecule has 120 heavy (non-hydrogen) atoms. The van der Waals surface area contributed by atoms with Gasteiger partial charge < -0.3 is 30.8 Å². The molecule has 13 N–H and O–H groups in total. The van der Waals surface area contributed by atoms with Gasteiger partial charge in [-0.05, 0) is 168 Å². The summed E-state index contributed by atoms with van der Waals surface area (Å²) in [6.07, 6.45) is 1.35. The molecule has 49 heteroatoms. The summed E-state index contributed by atoms with van der Waals surface area (Å²) in [4.78, 5) is 0.615. The molecule has 0 spiro atoms. The number of phenols is 5. The molecule has 0 unspecified atom stereocenters. The van der Waals surface area contributed by atoms with Crippen LogP contribution >= 0.6 is 0 Å². The molecule has 0 saturated carbocycles. The topological polar surface area (TPSA) is 683 Å². The second kappa shape index (κ2) is 38.5. The lowest BCUT2D eigenvalue weighted by Crippen LogP contribution is -2.04. The number of nitrogens with one attached hydrogen (secondary N) is 1. The van der Waals surface area contributed by atoms with E-state index in [2.05, 4.69) is 41.0 Å². The Morgan fingerprint density at radius 1 is 0.283 bits per heavy atom. The van der Waals surface area contributed by atoms with E-state index in [1.807, 2.05) is 42.5 Å². The van der Waals surface area contributed by atoms with E-state index < -0.39 is 130 Å². The third-order valence-electron chi connectivity index (χ3n) is 15.5. The van der Waals surface area contributed by atoms with Crippen molar-refractivity contribution in [1.82, 2.24) is 0 Å². The Labute approximate surface area is 681 Å². The summed E-state index contributed by atoms with van der Waals surface area (Å²) < 4.78 is 276. The lowest BCUT2D eigenvalue weighted by atomic mass is 10.1. The van der Waals surface area contributed by atoms with Gasteiger partial charge in [-0.1, -0.05) is 84.9 Å². The molecular formula is C71H54N8O32S9. The van der Waals surface area contributed by atoms with Gasteiger partial charge >= 0.3 is 21.2 Å². The van der Waals surface area contributed by atoms with E-state index in [4.69, 9.17) is 38.9 Å². The number of aliphatic imine (C=N–C) groups is 1. The molecule has 0 aliphatic rings. The summed E-state index contributed by atoms with van der Waals surface area (Å²) in [5, 5.41) is 78.0. The number of rotatable bonds is 17. The number of benzene rings is 13. The van der Waals surface area contributed by atoms with Crippen molar-refractivity contribution in [3.05, 3.63) is 248 Å². The van der Waals surface area contributed by atoms with E-state index in [0.29, 0.717) is 33.8 Å². The van der Waals surface area contributed by atoms with E-state index in [9.17, 15) is 103 Å². The van der Waals surface area contributed by atoms with Crippen molar-refractivity contribution in [1.29, 1.82) is 0 Å². The van der Waals surface area contributed by atoms with Crippen LogP contribution in [0.2, 0.25) is 0 Å². The first-order valence-electron chi connectivity index (χ1n) is 32.1. The first-order valence-corrected chi connectivity index (χ1v) is 44.2. The maximum absolute atomic E-state index is 12.0. The van der Waals surface area contributed by atoms with Gasteiger partial charge in [-0.25, -0.2) is 0 Å². The number of para-hydroxylation sites is 2. The molecule has 13 rings (SSSR count). The quantitative estimate of drug-likeness (QED) is 0.0229. The largest absolute Gasteiger partial charge is 0.507 e. The van der Waals surface area contributed by atoms with E-state index >= 15 is 0 Å². The highest BCUT2D eigenvalue weighted by Gasteiger charge is 2.26. The maximum atomic E-state index is 12.0.